The molecule has 2 N–H and O–H groups in total. The van der Waals surface area contributed by atoms with Crippen LogP contribution in [0.25, 0.3) is 11.3 Å². The molecule has 2 atom stereocenters. The second kappa shape index (κ2) is 5.33. The summed E-state index contributed by atoms with van der Waals surface area (Å²) >= 11 is 1.81. The van der Waals surface area contributed by atoms with Gasteiger partial charge in [0.25, 0.3) is 0 Å². The van der Waals surface area contributed by atoms with Crippen LogP contribution in [-0.2, 0) is 0 Å². The Kier molecular flexibility index (Phi) is 3.56. The zero-order valence-electron chi connectivity index (χ0n) is 11.3. The number of nitrogens with two attached hydrogens (primary N) is 1. The minimum absolute atomic E-state index is 0.670. The molecule has 1 aromatic heterocycles. The number of nitrogen functional groups attached to an aromatic ring is 1. The molecule has 3 rings (SSSR count). The van der Waals surface area contributed by atoms with E-state index in [0.717, 1.165) is 22.9 Å². The second-order valence-corrected chi connectivity index (χ2v) is 6.55. The number of hydrogen-bond donors (Lipinski definition) is 1. The Bertz CT molecular complexity index is 561. The molecule has 1 saturated carbocycles. The fraction of sp³-hybridized carbons (Fsp3) is 0.438. The van der Waals surface area contributed by atoms with Crippen LogP contribution in [0.4, 0.5) is 5.69 Å². The molecule has 100 valence electrons. The molecule has 0 radical (unpaired) electrons. The van der Waals surface area contributed by atoms with Gasteiger partial charge in [-0.1, -0.05) is 31.9 Å². The fourth-order valence-electron chi connectivity index (χ4n) is 2.96. The van der Waals surface area contributed by atoms with Crippen LogP contribution in [0.15, 0.2) is 29.6 Å². The molecule has 1 aliphatic rings. The van der Waals surface area contributed by atoms with E-state index in [-0.39, 0.29) is 0 Å². The van der Waals surface area contributed by atoms with E-state index < -0.39 is 0 Å². The van der Waals surface area contributed by atoms with Gasteiger partial charge in [-0.2, -0.15) is 0 Å². The maximum absolute atomic E-state index is 5.84. The molecule has 0 bridgehead atoms. The van der Waals surface area contributed by atoms with Gasteiger partial charge < -0.3 is 5.73 Å². The molecule has 0 spiro atoms. The molecule has 19 heavy (non-hydrogen) atoms. The summed E-state index contributed by atoms with van der Waals surface area (Å²) in [6.07, 6.45) is 5.32. The molecule has 2 unspecified atom stereocenters. The highest BCUT2D eigenvalue weighted by Gasteiger charge is 2.22. The lowest BCUT2D eigenvalue weighted by Gasteiger charge is -2.24. The number of thiazole rings is 1. The van der Waals surface area contributed by atoms with Gasteiger partial charge >= 0.3 is 0 Å². The van der Waals surface area contributed by atoms with Crippen molar-refractivity contribution < 1.29 is 0 Å². The quantitative estimate of drug-likeness (QED) is 0.806. The van der Waals surface area contributed by atoms with Gasteiger partial charge in [-0.25, -0.2) is 4.98 Å². The second-order valence-electron chi connectivity index (χ2n) is 5.67. The highest BCUT2D eigenvalue weighted by molar-refractivity contribution is 7.10. The summed E-state index contributed by atoms with van der Waals surface area (Å²) in [6, 6.07) is 7.99. The van der Waals surface area contributed by atoms with Gasteiger partial charge in [-0.05, 0) is 30.9 Å². The van der Waals surface area contributed by atoms with Crippen molar-refractivity contribution in [1.82, 2.24) is 4.98 Å². The first-order chi connectivity index (χ1) is 9.22. The number of nitrogens with zero attached hydrogens (tertiary/aromatic N) is 1. The van der Waals surface area contributed by atoms with Gasteiger partial charge in [0.05, 0.1) is 10.7 Å². The Morgan fingerprint density at radius 2 is 2.21 bits per heavy atom. The number of anilines is 1. The molecule has 3 heteroatoms. The average molecular weight is 272 g/mol. The van der Waals surface area contributed by atoms with Crippen LogP contribution in [0.2, 0.25) is 0 Å². The van der Waals surface area contributed by atoms with E-state index in [1.807, 2.05) is 18.2 Å². The number of rotatable bonds is 2. The highest BCUT2D eigenvalue weighted by atomic mass is 32.1. The Morgan fingerprint density at radius 1 is 1.32 bits per heavy atom. The molecule has 1 aliphatic carbocycles. The normalized spacial score (nSPS) is 23.4. The van der Waals surface area contributed by atoms with Crippen LogP contribution >= 0.6 is 11.3 Å². The first-order valence-electron chi connectivity index (χ1n) is 7.03. The Hall–Kier alpha value is -1.35. The topological polar surface area (TPSA) is 38.9 Å². The van der Waals surface area contributed by atoms with Crippen LogP contribution in [0.5, 0.6) is 0 Å². The number of hydrogen-bond acceptors (Lipinski definition) is 3. The predicted molar refractivity (Wildman–Crippen MR) is 82.3 cm³/mol. The molecular weight excluding hydrogens is 252 g/mol. The molecular formula is C16H20N2S. The lowest BCUT2D eigenvalue weighted by Crippen LogP contribution is -2.11. The van der Waals surface area contributed by atoms with Crippen molar-refractivity contribution in [3.05, 3.63) is 34.7 Å². The van der Waals surface area contributed by atoms with Crippen LogP contribution < -0.4 is 5.73 Å². The van der Waals surface area contributed by atoms with Crippen molar-refractivity contribution in [1.29, 1.82) is 0 Å². The number of aromatic nitrogens is 1. The number of benzene rings is 1. The summed E-state index contributed by atoms with van der Waals surface area (Å²) in [5.41, 5.74) is 8.85. The molecule has 1 aromatic carbocycles. The SMILES string of the molecule is CC1CCCC(c2nc(-c3cccc(N)c3)cs2)C1. The monoisotopic (exact) mass is 272 g/mol. The first-order valence-corrected chi connectivity index (χ1v) is 7.91. The Morgan fingerprint density at radius 3 is 3.00 bits per heavy atom. The molecule has 0 amide bonds. The Balaban J connectivity index is 1.83. The van der Waals surface area contributed by atoms with Gasteiger partial charge in [0, 0.05) is 22.5 Å². The Labute approximate surface area is 118 Å². The van der Waals surface area contributed by atoms with Crippen molar-refractivity contribution in [3.8, 4) is 11.3 Å². The third-order valence-corrected chi connectivity index (χ3v) is 5.00. The van der Waals surface area contributed by atoms with E-state index in [1.165, 1.54) is 30.7 Å². The van der Waals surface area contributed by atoms with Crippen molar-refractivity contribution in [3.63, 3.8) is 0 Å². The summed E-state index contributed by atoms with van der Waals surface area (Å²) < 4.78 is 0. The molecule has 2 aromatic rings. The summed E-state index contributed by atoms with van der Waals surface area (Å²) in [7, 11) is 0. The molecule has 1 fully saturated rings. The summed E-state index contributed by atoms with van der Waals surface area (Å²) in [5, 5.41) is 3.48. The molecule has 0 aliphatic heterocycles. The van der Waals surface area contributed by atoms with Gasteiger partial charge in [0.2, 0.25) is 0 Å². The third-order valence-electron chi connectivity index (χ3n) is 3.99. The molecule has 2 nitrogen and oxygen atoms in total. The largest absolute Gasteiger partial charge is 0.399 e. The standard InChI is InChI=1S/C16H20N2S/c1-11-4-2-6-13(8-11)16-18-15(10-19-16)12-5-3-7-14(17)9-12/h3,5,7,9-11,13H,2,4,6,8,17H2,1H3. The lowest BCUT2D eigenvalue weighted by atomic mass is 9.83. The van der Waals surface area contributed by atoms with E-state index >= 15 is 0 Å². The average Bonchev–Trinajstić information content (AvgIpc) is 2.88. The molecule has 1 heterocycles. The van der Waals surface area contributed by atoms with Gasteiger partial charge in [0.1, 0.15) is 0 Å². The minimum Gasteiger partial charge on any atom is -0.399 e. The van der Waals surface area contributed by atoms with Gasteiger partial charge in [-0.15, -0.1) is 11.3 Å². The van der Waals surface area contributed by atoms with Crippen LogP contribution in [-0.4, -0.2) is 4.98 Å². The zero-order valence-corrected chi connectivity index (χ0v) is 12.1. The minimum atomic E-state index is 0.670. The van der Waals surface area contributed by atoms with Crippen molar-refractivity contribution in [2.45, 2.75) is 38.5 Å². The van der Waals surface area contributed by atoms with Crippen molar-refractivity contribution >= 4 is 17.0 Å². The van der Waals surface area contributed by atoms with Crippen LogP contribution in [0.3, 0.4) is 0 Å². The predicted octanol–water partition coefficient (Wildman–Crippen LogP) is 4.69. The van der Waals surface area contributed by atoms with Crippen molar-refractivity contribution in [2.24, 2.45) is 5.92 Å². The van der Waals surface area contributed by atoms with E-state index in [4.69, 9.17) is 10.7 Å². The smallest absolute Gasteiger partial charge is 0.0963 e. The van der Waals surface area contributed by atoms with Crippen molar-refractivity contribution in [2.75, 3.05) is 5.73 Å². The van der Waals surface area contributed by atoms with Crippen LogP contribution in [0.1, 0.15) is 43.5 Å². The maximum atomic E-state index is 5.84. The van der Waals surface area contributed by atoms with Crippen LogP contribution in [0, 0.1) is 5.92 Å². The maximum Gasteiger partial charge on any atom is 0.0963 e. The van der Waals surface area contributed by atoms with E-state index in [0.29, 0.717) is 5.92 Å². The highest BCUT2D eigenvalue weighted by Crippen LogP contribution is 2.38. The van der Waals surface area contributed by atoms with E-state index in [2.05, 4.69) is 18.4 Å². The van der Waals surface area contributed by atoms with Gasteiger partial charge in [0.15, 0.2) is 0 Å². The van der Waals surface area contributed by atoms with E-state index in [1.54, 1.807) is 11.3 Å². The first kappa shape index (κ1) is 12.7. The third kappa shape index (κ3) is 2.81. The zero-order chi connectivity index (χ0) is 13.2. The van der Waals surface area contributed by atoms with Gasteiger partial charge in [-0.3, -0.25) is 0 Å². The summed E-state index contributed by atoms with van der Waals surface area (Å²) in [5.74, 6) is 1.52. The van der Waals surface area contributed by atoms with E-state index in [9.17, 15) is 0 Å². The summed E-state index contributed by atoms with van der Waals surface area (Å²) in [6.45, 7) is 2.36. The fourth-order valence-corrected chi connectivity index (χ4v) is 3.94. The molecule has 0 saturated heterocycles. The summed E-state index contributed by atoms with van der Waals surface area (Å²) in [4.78, 5) is 4.84. The lowest BCUT2D eigenvalue weighted by molar-refractivity contribution is 0.343.